The van der Waals surface area contributed by atoms with Crippen LogP contribution in [0.4, 0.5) is 4.79 Å². The number of carboxylic acid groups (broad SMARTS) is 1. The van der Waals surface area contributed by atoms with Crippen molar-refractivity contribution in [2.75, 3.05) is 19.7 Å². The number of rotatable bonds is 2. The van der Waals surface area contributed by atoms with E-state index in [0.29, 0.717) is 13.0 Å². The molecule has 0 spiro atoms. The fraction of sp³-hybridized carbons (Fsp3) is 0.778. The van der Waals surface area contributed by atoms with Crippen LogP contribution in [0.3, 0.4) is 0 Å². The van der Waals surface area contributed by atoms with E-state index in [9.17, 15) is 9.59 Å². The van der Waals surface area contributed by atoms with Gasteiger partial charge >= 0.3 is 12.1 Å². The molecule has 0 aromatic carbocycles. The lowest BCUT2D eigenvalue weighted by Gasteiger charge is -2.33. The van der Waals surface area contributed by atoms with E-state index in [1.165, 1.54) is 4.90 Å². The third kappa shape index (κ3) is 2.82. The highest BCUT2D eigenvalue weighted by atomic mass is 16.5. The van der Waals surface area contributed by atoms with E-state index in [1.54, 1.807) is 6.92 Å². The molecule has 1 saturated heterocycles. The monoisotopic (exact) mass is 216 g/mol. The Labute approximate surface area is 88.0 Å². The van der Waals surface area contributed by atoms with Crippen molar-refractivity contribution in [3.05, 3.63) is 0 Å². The van der Waals surface area contributed by atoms with Crippen LogP contribution in [0.25, 0.3) is 0 Å². The molecule has 1 aliphatic heterocycles. The second-order valence-corrected chi connectivity index (χ2v) is 3.54. The summed E-state index contributed by atoms with van der Waals surface area (Å²) in [7, 11) is 0. The summed E-state index contributed by atoms with van der Waals surface area (Å²) in [5.74, 6) is -0.939. The molecular weight excluding hydrogens is 200 g/mol. The number of ether oxygens (including phenoxy) is 1. The lowest BCUT2D eigenvalue weighted by molar-refractivity contribution is -0.150. The second kappa shape index (κ2) is 4.97. The third-order valence-corrected chi connectivity index (χ3v) is 2.53. The van der Waals surface area contributed by atoms with Crippen LogP contribution in [0.5, 0.6) is 0 Å². The fourth-order valence-corrected chi connectivity index (χ4v) is 1.64. The van der Waals surface area contributed by atoms with Crippen LogP contribution in [0.15, 0.2) is 0 Å². The van der Waals surface area contributed by atoms with Crippen molar-refractivity contribution >= 4 is 12.1 Å². The molecule has 0 aromatic heterocycles. The van der Waals surface area contributed by atoms with Crippen molar-refractivity contribution in [2.24, 2.45) is 11.7 Å². The summed E-state index contributed by atoms with van der Waals surface area (Å²) in [6.45, 7) is 2.51. The molecule has 0 aromatic rings. The van der Waals surface area contributed by atoms with E-state index >= 15 is 0 Å². The fourth-order valence-electron chi connectivity index (χ4n) is 1.64. The number of hydrogen-bond acceptors (Lipinski definition) is 4. The van der Waals surface area contributed by atoms with Crippen molar-refractivity contribution in [3.8, 4) is 0 Å². The molecule has 0 bridgehead atoms. The van der Waals surface area contributed by atoms with Crippen LogP contribution in [-0.2, 0) is 9.53 Å². The minimum Gasteiger partial charge on any atom is -0.466 e. The van der Waals surface area contributed by atoms with Crippen LogP contribution in [0, 0.1) is 5.92 Å². The lowest BCUT2D eigenvalue weighted by Crippen LogP contribution is -2.52. The average molecular weight is 216 g/mol. The molecule has 0 unspecified atom stereocenters. The molecule has 1 heterocycles. The van der Waals surface area contributed by atoms with Gasteiger partial charge in [-0.2, -0.15) is 0 Å². The predicted molar refractivity (Wildman–Crippen MR) is 52.3 cm³/mol. The van der Waals surface area contributed by atoms with Crippen molar-refractivity contribution in [1.82, 2.24) is 4.90 Å². The minimum absolute atomic E-state index is 0.134. The number of esters is 1. The Bertz CT molecular complexity index is 256. The summed E-state index contributed by atoms with van der Waals surface area (Å²) in [4.78, 5) is 23.4. The van der Waals surface area contributed by atoms with E-state index in [1.807, 2.05) is 0 Å². The molecule has 3 N–H and O–H groups in total. The van der Waals surface area contributed by atoms with E-state index in [0.717, 1.165) is 0 Å². The van der Waals surface area contributed by atoms with Crippen molar-refractivity contribution < 1.29 is 19.4 Å². The first kappa shape index (κ1) is 11.8. The molecule has 86 valence electrons. The molecular formula is C9H16N2O4. The van der Waals surface area contributed by atoms with Crippen LogP contribution >= 0.6 is 0 Å². The number of piperidine rings is 1. The maximum atomic E-state index is 11.5. The molecule has 0 radical (unpaired) electrons. The number of nitrogens with zero attached hydrogens (tertiary/aromatic N) is 1. The maximum Gasteiger partial charge on any atom is 0.407 e. The normalized spacial score (nSPS) is 26.1. The van der Waals surface area contributed by atoms with Gasteiger partial charge in [-0.05, 0) is 13.3 Å². The topological polar surface area (TPSA) is 92.9 Å². The van der Waals surface area contributed by atoms with Gasteiger partial charge in [-0.1, -0.05) is 0 Å². The Hall–Kier alpha value is -1.30. The minimum atomic E-state index is -1.02. The van der Waals surface area contributed by atoms with Gasteiger partial charge in [0.05, 0.1) is 12.5 Å². The Balaban J connectivity index is 2.60. The standard InChI is InChI=1S/C9H16N2O4/c1-2-15-8(12)6-5-11(9(13)14)4-3-7(6)10/h6-7H,2-5,10H2,1H3,(H,13,14)/t6-,7-/m1/s1. The molecule has 1 aliphatic rings. The number of hydrogen-bond donors (Lipinski definition) is 2. The highest BCUT2D eigenvalue weighted by Gasteiger charge is 2.34. The molecule has 6 nitrogen and oxygen atoms in total. The first-order valence-corrected chi connectivity index (χ1v) is 4.96. The Kier molecular flexibility index (Phi) is 3.90. The summed E-state index contributed by atoms with van der Waals surface area (Å²) in [5, 5.41) is 8.79. The summed E-state index contributed by atoms with van der Waals surface area (Å²) in [6, 6.07) is -0.306. The highest BCUT2D eigenvalue weighted by molar-refractivity contribution is 5.75. The quantitative estimate of drug-likeness (QED) is 0.627. The van der Waals surface area contributed by atoms with E-state index in [4.69, 9.17) is 15.6 Å². The summed E-state index contributed by atoms with van der Waals surface area (Å²) in [5.41, 5.74) is 5.75. The maximum absolute atomic E-state index is 11.5. The molecule has 1 rings (SSSR count). The Morgan fingerprint density at radius 3 is 2.80 bits per heavy atom. The molecule has 15 heavy (non-hydrogen) atoms. The number of nitrogens with two attached hydrogens (primary N) is 1. The molecule has 0 aliphatic carbocycles. The zero-order valence-electron chi connectivity index (χ0n) is 8.68. The lowest BCUT2D eigenvalue weighted by atomic mass is 9.93. The van der Waals surface area contributed by atoms with E-state index < -0.39 is 18.0 Å². The van der Waals surface area contributed by atoms with Gasteiger partial charge in [0.15, 0.2) is 0 Å². The molecule has 0 saturated carbocycles. The van der Waals surface area contributed by atoms with Crippen LogP contribution in [0.2, 0.25) is 0 Å². The van der Waals surface area contributed by atoms with Gasteiger partial charge in [0, 0.05) is 19.1 Å². The van der Waals surface area contributed by atoms with E-state index in [-0.39, 0.29) is 19.2 Å². The van der Waals surface area contributed by atoms with Gasteiger partial charge in [0.2, 0.25) is 0 Å². The van der Waals surface area contributed by atoms with Crippen molar-refractivity contribution in [2.45, 2.75) is 19.4 Å². The average Bonchev–Trinajstić information content (AvgIpc) is 2.18. The van der Waals surface area contributed by atoms with Gasteiger partial charge in [0.25, 0.3) is 0 Å². The van der Waals surface area contributed by atoms with Crippen LogP contribution in [0.1, 0.15) is 13.3 Å². The largest absolute Gasteiger partial charge is 0.466 e. The van der Waals surface area contributed by atoms with Crippen molar-refractivity contribution in [3.63, 3.8) is 0 Å². The third-order valence-electron chi connectivity index (χ3n) is 2.53. The molecule has 2 atom stereocenters. The highest BCUT2D eigenvalue weighted by Crippen LogP contribution is 2.17. The smallest absolute Gasteiger partial charge is 0.407 e. The molecule has 1 fully saturated rings. The van der Waals surface area contributed by atoms with E-state index in [2.05, 4.69) is 0 Å². The van der Waals surface area contributed by atoms with Crippen molar-refractivity contribution in [1.29, 1.82) is 0 Å². The zero-order chi connectivity index (χ0) is 11.4. The van der Waals surface area contributed by atoms with Gasteiger partial charge in [-0.25, -0.2) is 4.79 Å². The van der Waals surface area contributed by atoms with Gasteiger partial charge in [-0.15, -0.1) is 0 Å². The molecule has 6 heteroatoms. The SMILES string of the molecule is CCOC(=O)[C@@H]1CN(C(=O)O)CC[C@H]1N. The van der Waals surface area contributed by atoms with Gasteiger partial charge in [0.1, 0.15) is 0 Å². The Morgan fingerprint density at radius 1 is 1.60 bits per heavy atom. The number of amides is 1. The number of likely N-dealkylation sites (tertiary alicyclic amines) is 1. The number of carbonyl (C=O) groups is 2. The predicted octanol–water partition coefficient (Wildman–Crippen LogP) is -0.123. The van der Waals surface area contributed by atoms with Gasteiger partial charge < -0.3 is 20.5 Å². The summed E-state index contributed by atoms with van der Waals surface area (Å²) >= 11 is 0. The zero-order valence-corrected chi connectivity index (χ0v) is 8.68. The van der Waals surface area contributed by atoms with Crippen LogP contribution < -0.4 is 5.73 Å². The van der Waals surface area contributed by atoms with Gasteiger partial charge in [-0.3, -0.25) is 4.79 Å². The summed E-state index contributed by atoms with van der Waals surface area (Å²) in [6.07, 6.45) is -0.522. The first-order chi connectivity index (χ1) is 7.06. The first-order valence-electron chi connectivity index (χ1n) is 4.96. The Morgan fingerprint density at radius 2 is 2.27 bits per heavy atom. The number of carbonyl (C=O) groups excluding carboxylic acids is 1. The molecule has 1 amide bonds. The second-order valence-electron chi connectivity index (χ2n) is 3.54. The summed E-state index contributed by atoms with van der Waals surface area (Å²) < 4.78 is 4.84. The van der Waals surface area contributed by atoms with Crippen LogP contribution in [-0.4, -0.2) is 47.8 Å².